The summed E-state index contributed by atoms with van der Waals surface area (Å²) < 4.78 is 4.83. The summed E-state index contributed by atoms with van der Waals surface area (Å²) in [6.07, 6.45) is 2.07. The molecule has 1 rings (SSSR count). The second kappa shape index (κ2) is 5.59. The van der Waals surface area contributed by atoms with Gasteiger partial charge in [-0.3, -0.25) is 4.79 Å². The summed E-state index contributed by atoms with van der Waals surface area (Å²) in [6, 6.07) is 6.41. The topological polar surface area (TPSA) is 55.4 Å². The molecule has 0 heterocycles. The van der Waals surface area contributed by atoms with Crippen molar-refractivity contribution >= 4 is 18.1 Å². The number of amides is 1. The fourth-order valence-electron chi connectivity index (χ4n) is 0.989. The molecule has 78 valence electrons. The van der Waals surface area contributed by atoms with Crippen molar-refractivity contribution in [2.24, 2.45) is 0 Å². The standard InChI is InChI=1S/C11H11NO3/c1-2-7-15-11(14)9-3-5-10(6-4-9)12-8-13/h2-6,8H,1,7H2,(H,12,13). The highest BCUT2D eigenvalue weighted by Gasteiger charge is 2.05. The van der Waals surface area contributed by atoms with Crippen molar-refractivity contribution in [3.63, 3.8) is 0 Å². The molecule has 0 fully saturated rings. The summed E-state index contributed by atoms with van der Waals surface area (Å²) in [5.74, 6) is -0.410. The maximum absolute atomic E-state index is 11.3. The first-order valence-corrected chi connectivity index (χ1v) is 4.36. The van der Waals surface area contributed by atoms with E-state index in [2.05, 4.69) is 11.9 Å². The molecule has 0 aromatic heterocycles. The minimum Gasteiger partial charge on any atom is -0.458 e. The predicted octanol–water partition coefficient (Wildman–Crippen LogP) is 1.60. The Labute approximate surface area is 87.6 Å². The Bertz CT molecular complexity index is 357. The highest BCUT2D eigenvalue weighted by atomic mass is 16.5. The van der Waals surface area contributed by atoms with Crippen LogP contribution in [0.4, 0.5) is 5.69 Å². The molecule has 15 heavy (non-hydrogen) atoms. The zero-order valence-electron chi connectivity index (χ0n) is 8.10. The van der Waals surface area contributed by atoms with Crippen LogP contribution in [0.1, 0.15) is 10.4 Å². The smallest absolute Gasteiger partial charge is 0.338 e. The number of anilines is 1. The molecule has 0 atom stereocenters. The third-order valence-corrected chi connectivity index (χ3v) is 1.68. The van der Waals surface area contributed by atoms with E-state index in [1.54, 1.807) is 24.3 Å². The van der Waals surface area contributed by atoms with Gasteiger partial charge in [0.1, 0.15) is 6.61 Å². The number of carbonyl (C=O) groups excluding carboxylic acids is 2. The van der Waals surface area contributed by atoms with Crippen LogP contribution in [0.2, 0.25) is 0 Å². The van der Waals surface area contributed by atoms with Crippen molar-refractivity contribution in [2.75, 3.05) is 11.9 Å². The summed E-state index contributed by atoms with van der Waals surface area (Å²) in [7, 11) is 0. The Morgan fingerprint density at radius 2 is 2.07 bits per heavy atom. The van der Waals surface area contributed by atoms with Crippen LogP contribution in [0.3, 0.4) is 0 Å². The van der Waals surface area contributed by atoms with Gasteiger partial charge in [-0.1, -0.05) is 12.7 Å². The molecule has 0 saturated carbocycles. The van der Waals surface area contributed by atoms with Crippen molar-refractivity contribution in [2.45, 2.75) is 0 Å². The summed E-state index contributed by atoms with van der Waals surface area (Å²) >= 11 is 0. The number of benzene rings is 1. The van der Waals surface area contributed by atoms with E-state index in [0.29, 0.717) is 17.7 Å². The van der Waals surface area contributed by atoms with Gasteiger partial charge in [0.25, 0.3) is 0 Å². The number of nitrogens with one attached hydrogen (secondary N) is 1. The normalized spacial score (nSPS) is 9.07. The van der Waals surface area contributed by atoms with E-state index >= 15 is 0 Å². The van der Waals surface area contributed by atoms with Crippen molar-refractivity contribution in [3.05, 3.63) is 42.5 Å². The maximum Gasteiger partial charge on any atom is 0.338 e. The Morgan fingerprint density at radius 3 is 2.60 bits per heavy atom. The molecule has 0 unspecified atom stereocenters. The van der Waals surface area contributed by atoms with Crippen LogP contribution in [-0.2, 0) is 9.53 Å². The number of ether oxygens (including phenoxy) is 1. The number of hydrogen-bond donors (Lipinski definition) is 1. The first-order chi connectivity index (χ1) is 7.27. The quantitative estimate of drug-likeness (QED) is 0.451. The highest BCUT2D eigenvalue weighted by Crippen LogP contribution is 2.09. The van der Waals surface area contributed by atoms with E-state index in [0.717, 1.165) is 0 Å². The first kappa shape index (κ1) is 11.0. The number of rotatable bonds is 5. The van der Waals surface area contributed by atoms with Gasteiger partial charge in [0.2, 0.25) is 6.41 Å². The average Bonchev–Trinajstić information content (AvgIpc) is 2.27. The molecule has 4 nitrogen and oxygen atoms in total. The summed E-state index contributed by atoms with van der Waals surface area (Å²) in [4.78, 5) is 21.4. The highest BCUT2D eigenvalue weighted by molar-refractivity contribution is 5.90. The van der Waals surface area contributed by atoms with Gasteiger partial charge in [-0.2, -0.15) is 0 Å². The molecule has 0 radical (unpaired) electrons. The van der Waals surface area contributed by atoms with Crippen LogP contribution in [0, 0.1) is 0 Å². The zero-order valence-corrected chi connectivity index (χ0v) is 8.10. The molecule has 0 aliphatic carbocycles. The van der Waals surface area contributed by atoms with Crippen LogP contribution in [0.15, 0.2) is 36.9 Å². The maximum atomic E-state index is 11.3. The molecule has 1 amide bonds. The molecular formula is C11H11NO3. The van der Waals surface area contributed by atoms with Crippen molar-refractivity contribution in [1.29, 1.82) is 0 Å². The summed E-state index contributed by atoms with van der Waals surface area (Å²) in [5, 5.41) is 2.47. The Hall–Kier alpha value is -2.10. The second-order valence-corrected chi connectivity index (χ2v) is 2.73. The Morgan fingerprint density at radius 1 is 1.40 bits per heavy atom. The molecule has 0 bridgehead atoms. The van der Waals surface area contributed by atoms with E-state index in [1.165, 1.54) is 6.08 Å². The summed E-state index contributed by atoms with van der Waals surface area (Å²) in [6.45, 7) is 3.63. The van der Waals surface area contributed by atoms with Gasteiger partial charge < -0.3 is 10.1 Å². The van der Waals surface area contributed by atoms with E-state index in [9.17, 15) is 9.59 Å². The third kappa shape index (κ3) is 3.27. The molecule has 4 heteroatoms. The molecular weight excluding hydrogens is 194 g/mol. The van der Waals surface area contributed by atoms with Gasteiger partial charge in [-0.15, -0.1) is 0 Å². The van der Waals surface area contributed by atoms with E-state index in [-0.39, 0.29) is 6.61 Å². The van der Waals surface area contributed by atoms with E-state index in [4.69, 9.17) is 4.74 Å². The van der Waals surface area contributed by atoms with Gasteiger partial charge in [0, 0.05) is 5.69 Å². The molecule has 0 aliphatic rings. The lowest BCUT2D eigenvalue weighted by molar-refractivity contribution is -0.105. The number of esters is 1. The van der Waals surface area contributed by atoms with E-state index in [1.807, 2.05) is 0 Å². The van der Waals surface area contributed by atoms with Crippen molar-refractivity contribution < 1.29 is 14.3 Å². The largest absolute Gasteiger partial charge is 0.458 e. The number of hydrogen-bond acceptors (Lipinski definition) is 3. The van der Waals surface area contributed by atoms with Gasteiger partial charge in [0.05, 0.1) is 5.56 Å². The minimum absolute atomic E-state index is 0.188. The van der Waals surface area contributed by atoms with Gasteiger partial charge in [-0.05, 0) is 24.3 Å². The van der Waals surface area contributed by atoms with Gasteiger partial charge in [-0.25, -0.2) is 4.79 Å². The van der Waals surface area contributed by atoms with Crippen LogP contribution in [0.25, 0.3) is 0 Å². The van der Waals surface area contributed by atoms with E-state index < -0.39 is 5.97 Å². The minimum atomic E-state index is -0.410. The molecule has 0 spiro atoms. The third-order valence-electron chi connectivity index (χ3n) is 1.68. The molecule has 0 aliphatic heterocycles. The lowest BCUT2D eigenvalue weighted by Crippen LogP contribution is -2.05. The molecule has 1 N–H and O–H groups in total. The zero-order chi connectivity index (χ0) is 11.1. The molecule has 1 aromatic carbocycles. The van der Waals surface area contributed by atoms with Crippen LogP contribution in [0.5, 0.6) is 0 Å². The lowest BCUT2D eigenvalue weighted by atomic mass is 10.2. The Balaban J connectivity index is 2.66. The second-order valence-electron chi connectivity index (χ2n) is 2.73. The first-order valence-electron chi connectivity index (χ1n) is 4.36. The van der Waals surface area contributed by atoms with Crippen LogP contribution >= 0.6 is 0 Å². The fourth-order valence-corrected chi connectivity index (χ4v) is 0.989. The molecule has 1 aromatic rings. The van der Waals surface area contributed by atoms with Gasteiger partial charge in [0.15, 0.2) is 0 Å². The predicted molar refractivity (Wildman–Crippen MR) is 56.6 cm³/mol. The Kier molecular flexibility index (Phi) is 4.09. The fraction of sp³-hybridized carbons (Fsp3) is 0.0909. The van der Waals surface area contributed by atoms with Crippen LogP contribution in [-0.4, -0.2) is 19.0 Å². The van der Waals surface area contributed by atoms with Crippen molar-refractivity contribution in [3.8, 4) is 0 Å². The lowest BCUT2D eigenvalue weighted by Gasteiger charge is -2.02. The molecule has 0 saturated heterocycles. The van der Waals surface area contributed by atoms with Gasteiger partial charge >= 0.3 is 5.97 Å². The van der Waals surface area contributed by atoms with Crippen LogP contribution < -0.4 is 5.32 Å². The summed E-state index contributed by atoms with van der Waals surface area (Å²) in [5.41, 5.74) is 1.07. The number of carbonyl (C=O) groups is 2. The monoisotopic (exact) mass is 205 g/mol. The van der Waals surface area contributed by atoms with Crippen molar-refractivity contribution in [1.82, 2.24) is 0 Å². The SMILES string of the molecule is C=CCOC(=O)c1ccc(NC=O)cc1. The average molecular weight is 205 g/mol.